The second-order valence-electron chi connectivity index (χ2n) is 26.9. The Kier molecular flexibility index (Phi) is 16.5. The Hall–Kier alpha value is -14.4. The maximum atomic E-state index is 14.3. The van der Waals surface area contributed by atoms with Crippen molar-refractivity contribution in [2.75, 3.05) is 9.80 Å². The quantitative estimate of drug-likeness (QED) is 0.0677. The van der Waals surface area contributed by atoms with E-state index in [2.05, 4.69) is 190 Å². The number of fused-ring (bicyclic) bond motifs is 7. The van der Waals surface area contributed by atoms with Crippen LogP contribution in [0, 0.1) is 0 Å². The molecule has 2 aliphatic rings. The number of benzene rings is 14. The van der Waals surface area contributed by atoms with Crippen molar-refractivity contribution in [2.45, 2.75) is 13.2 Å². The SMILES string of the molecule is O=C(OCc1ccccc1)c1ccc2c(c1)c1cc(C(=O)OCc3ccccc3)ccc1n2-c1ccc(-c2nc(-c3ccccc3)nc(-c3ccccc3)n2)cc1-c1nc(-c2ccccc2)cc(-c2cccc(-c3ccc4c5c3N(c3ccccc3)c3ccccc3B5c3ccccc3N4c3ccccc3)c2)n1. The second kappa shape index (κ2) is 27.6. The summed E-state index contributed by atoms with van der Waals surface area (Å²) in [6.45, 7) is 0.0767. The van der Waals surface area contributed by atoms with Gasteiger partial charge in [-0.25, -0.2) is 34.5 Å². The Balaban J connectivity index is 0.830. The smallest absolute Gasteiger partial charge is 0.338 e. The molecule has 0 bridgehead atoms. The first kappa shape index (κ1) is 64.4. The predicted octanol–water partition coefficient (Wildman–Crippen LogP) is 20.2. The van der Waals surface area contributed by atoms with Crippen LogP contribution in [0.5, 0.6) is 0 Å². The van der Waals surface area contributed by atoms with E-state index in [0.29, 0.717) is 73.4 Å². The fourth-order valence-electron chi connectivity index (χ4n) is 15.3. The van der Waals surface area contributed by atoms with Crippen molar-refractivity contribution in [1.29, 1.82) is 0 Å². The van der Waals surface area contributed by atoms with Crippen LogP contribution >= 0.6 is 0 Å². The van der Waals surface area contributed by atoms with Crippen molar-refractivity contribution < 1.29 is 19.1 Å². The number of nitrogens with zero attached hydrogens (tertiary/aromatic N) is 8. The highest BCUT2D eigenvalue weighted by Gasteiger charge is 2.44. The molecule has 17 aromatic rings. The van der Waals surface area contributed by atoms with E-state index in [0.717, 1.165) is 89.7 Å². The zero-order chi connectivity index (χ0) is 72.0. The van der Waals surface area contributed by atoms with Crippen LogP contribution in [0.15, 0.2) is 358 Å². The van der Waals surface area contributed by atoms with E-state index in [1.807, 2.05) is 170 Å². The molecular formula is C95H63BN8O4. The molecule has 0 fully saturated rings. The van der Waals surface area contributed by atoms with Crippen molar-refractivity contribution in [3.63, 3.8) is 0 Å². The highest BCUT2D eigenvalue weighted by Crippen LogP contribution is 2.49. The van der Waals surface area contributed by atoms with Gasteiger partial charge in [-0.2, -0.15) is 0 Å². The van der Waals surface area contributed by atoms with Crippen LogP contribution in [-0.4, -0.2) is 48.1 Å². The third-order valence-corrected chi connectivity index (χ3v) is 20.3. The fourth-order valence-corrected chi connectivity index (χ4v) is 15.3. The largest absolute Gasteiger partial charge is 0.457 e. The van der Waals surface area contributed by atoms with Crippen LogP contribution in [0.4, 0.5) is 34.1 Å². The zero-order valence-electron chi connectivity index (χ0n) is 58.3. The highest BCUT2D eigenvalue weighted by atomic mass is 16.5. The van der Waals surface area contributed by atoms with Crippen molar-refractivity contribution in [3.8, 4) is 84.9 Å². The van der Waals surface area contributed by atoms with Crippen LogP contribution < -0.4 is 26.2 Å². The molecule has 12 nitrogen and oxygen atoms in total. The molecule has 3 aromatic heterocycles. The van der Waals surface area contributed by atoms with Crippen LogP contribution in [0.2, 0.25) is 0 Å². The number of rotatable bonds is 16. The van der Waals surface area contributed by atoms with Gasteiger partial charge in [0.25, 0.3) is 6.71 Å². The maximum Gasteiger partial charge on any atom is 0.338 e. The minimum absolute atomic E-state index is 0.0860. The first-order valence-electron chi connectivity index (χ1n) is 36.0. The molecule has 0 N–H and O–H groups in total. The maximum absolute atomic E-state index is 14.3. The minimum Gasteiger partial charge on any atom is -0.457 e. The topological polar surface area (TPSA) is 128 Å². The van der Waals surface area contributed by atoms with Gasteiger partial charge < -0.3 is 23.8 Å². The molecule has 19 rings (SSSR count). The molecule has 0 saturated heterocycles. The zero-order valence-corrected chi connectivity index (χ0v) is 58.3. The third kappa shape index (κ3) is 11.9. The second-order valence-corrected chi connectivity index (χ2v) is 26.9. The molecule has 0 amide bonds. The average Bonchev–Trinajstić information content (AvgIpc) is 0.882. The summed E-state index contributed by atoms with van der Waals surface area (Å²) in [7, 11) is 0. The molecule has 0 atom stereocenters. The number of ether oxygens (including phenoxy) is 2. The number of hydrogen-bond acceptors (Lipinski definition) is 11. The molecule has 0 spiro atoms. The van der Waals surface area contributed by atoms with E-state index in [1.165, 1.54) is 16.4 Å². The van der Waals surface area contributed by atoms with Crippen LogP contribution in [0.25, 0.3) is 107 Å². The molecule has 14 aromatic carbocycles. The normalized spacial score (nSPS) is 12.0. The van der Waals surface area contributed by atoms with Gasteiger partial charge in [0.05, 0.1) is 44.9 Å². The Labute approximate surface area is 623 Å². The van der Waals surface area contributed by atoms with Gasteiger partial charge in [-0.05, 0) is 142 Å². The molecular weight excluding hydrogens is 1330 g/mol. The lowest BCUT2D eigenvalue weighted by molar-refractivity contribution is 0.0464. The van der Waals surface area contributed by atoms with Gasteiger partial charge in [-0.15, -0.1) is 0 Å². The molecule has 108 heavy (non-hydrogen) atoms. The summed E-state index contributed by atoms with van der Waals surface area (Å²) in [5, 5.41) is 1.39. The first-order valence-corrected chi connectivity index (χ1v) is 36.0. The van der Waals surface area contributed by atoms with Crippen molar-refractivity contribution in [3.05, 3.63) is 380 Å². The van der Waals surface area contributed by atoms with E-state index < -0.39 is 11.9 Å². The standard InChI is InChI=1S/C95H63BN8O4/c105-94(107-60-62-27-8-1-9-28-62)70-48-52-82-75(57-70)76-58-71(95(106)108-61-63-29-10-2-11-30-63)49-53-83(76)104(82)84-51-47-69(92-100-90(65-33-14-4-15-34-65)99-91(101-92)66-35-16-5-17-36-66)56-77(84)93-97-80(64-31-12-3-13-32-64)59-81(98-93)68-38-26-37-67(55-68)74-50-54-87-88-89(74)103(73-41-20-7-21-42-73)86-46-25-23-44-79(86)96(88)78-43-22-24-45-85(78)102(87)72-39-18-6-19-40-72/h1-59H,60-61H2. The summed E-state index contributed by atoms with van der Waals surface area (Å²) < 4.78 is 14.1. The minimum atomic E-state index is -0.496. The van der Waals surface area contributed by atoms with Crippen LogP contribution in [-0.2, 0) is 22.7 Å². The number of carbonyl (C=O) groups excluding carboxylic acids is 2. The Bertz CT molecular complexity index is 6130. The number of esters is 2. The molecule has 5 heterocycles. The van der Waals surface area contributed by atoms with Crippen molar-refractivity contribution in [2.24, 2.45) is 0 Å². The third-order valence-electron chi connectivity index (χ3n) is 20.3. The van der Waals surface area contributed by atoms with Gasteiger partial charge in [-0.3, -0.25) is 0 Å². The summed E-state index contributed by atoms with van der Waals surface area (Å²) in [5.74, 6) is 0.858. The number of carbonyl (C=O) groups is 2. The summed E-state index contributed by atoms with van der Waals surface area (Å²) >= 11 is 0. The first-order chi connectivity index (χ1) is 53.4. The van der Waals surface area contributed by atoms with Gasteiger partial charge in [0.1, 0.15) is 13.2 Å². The summed E-state index contributed by atoms with van der Waals surface area (Å²) in [4.78, 5) is 60.5. The Morgan fingerprint density at radius 1 is 0.306 bits per heavy atom. The molecule has 0 aliphatic carbocycles. The molecule has 13 heteroatoms. The van der Waals surface area contributed by atoms with E-state index in [-0.39, 0.29) is 19.9 Å². The van der Waals surface area contributed by atoms with Crippen molar-refractivity contribution >= 4 is 91.0 Å². The van der Waals surface area contributed by atoms with Gasteiger partial charge in [0.2, 0.25) is 0 Å². The molecule has 2 aliphatic heterocycles. The van der Waals surface area contributed by atoms with Gasteiger partial charge in [0.15, 0.2) is 23.3 Å². The van der Waals surface area contributed by atoms with Gasteiger partial charge in [-0.1, -0.05) is 249 Å². The average molecular weight is 1390 g/mol. The molecule has 0 unspecified atom stereocenters. The summed E-state index contributed by atoms with van der Waals surface area (Å²) in [6, 6.07) is 121. The van der Waals surface area contributed by atoms with E-state index in [9.17, 15) is 9.59 Å². The summed E-state index contributed by atoms with van der Waals surface area (Å²) in [5.41, 5.74) is 22.9. The van der Waals surface area contributed by atoms with Crippen LogP contribution in [0.1, 0.15) is 31.8 Å². The lowest BCUT2D eigenvalue weighted by Gasteiger charge is -2.45. The lowest BCUT2D eigenvalue weighted by atomic mass is 9.33. The monoisotopic (exact) mass is 1390 g/mol. The number of aromatic nitrogens is 6. The van der Waals surface area contributed by atoms with Crippen LogP contribution in [0.3, 0.4) is 0 Å². The molecule has 510 valence electrons. The van der Waals surface area contributed by atoms with E-state index in [1.54, 1.807) is 12.1 Å². The summed E-state index contributed by atoms with van der Waals surface area (Å²) in [6.07, 6.45) is 0. The number of hydrogen-bond donors (Lipinski definition) is 0. The van der Waals surface area contributed by atoms with Gasteiger partial charge in [0, 0.05) is 78.2 Å². The van der Waals surface area contributed by atoms with E-state index >= 15 is 0 Å². The molecule has 0 radical (unpaired) electrons. The fraction of sp³-hybridized carbons (Fsp3) is 0.0211. The Morgan fingerprint density at radius 2 is 0.741 bits per heavy atom. The lowest BCUT2D eigenvalue weighted by Crippen LogP contribution is -2.61. The predicted molar refractivity (Wildman–Crippen MR) is 433 cm³/mol. The van der Waals surface area contributed by atoms with Crippen molar-refractivity contribution in [1.82, 2.24) is 29.5 Å². The number of para-hydroxylation sites is 4. The van der Waals surface area contributed by atoms with Gasteiger partial charge >= 0.3 is 11.9 Å². The highest BCUT2D eigenvalue weighted by molar-refractivity contribution is 7.00. The Morgan fingerprint density at radius 3 is 1.29 bits per heavy atom. The van der Waals surface area contributed by atoms with E-state index in [4.69, 9.17) is 34.4 Å². The number of anilines is 6. The molecule has 0 saturated carbocycles.